The lowest BCUT2D eigenvalue weighted by Gasteiger charge is -2.07. The maximum absolute atomic E-state index is 12.1. The van der Waals surface area contributed by atoms with Crippen molar-refractivity contribution in [1.29, 1.82) is 0 Å². The third-order valence-electron chi connectivity index (χ3n) is 4.16. The van der Waals surface area contributed by atoms with E-state index in [4.69, 9.17) is 4.74 Å². The minimum atomic E-state index is -0.790. The van der Waals surface area contributed by atoms with Gasteiger partial charge in [-0.1, -0.05) is 12.1 Å². The molecule has 3 aromatic carbocycles. The second kappa shape index (κ2) is 9.74. The van der Waals surface area contributed by atoms with Crippen LogP contribution in [0, 0.1) is 30.3 Å². The van der Waals surface area contributed by atoms with Gasteiger partial charge in [0, 0.05) is 23.8 Å². The van der Waals surface area contributed by atoms with E-state index in [1.54, 1.807) is 12.1 Å². The number of nitro groups is 3. The summed E-state index contributed by atoms with van der Waals surface area (Å²) in [6.45, 7) is 0. The van der Waals surface area contributed by atoms with E-state index in [2.05, 4.69) is 10.5 Å². The molecule has 0 fully saturated rings. The van der Waals surface area contributed by atoms with E-state index in [0.29, 0.717) is 5.56 Å². The predicted molar refractivity (Wildman–Crippen MR) is 114 cm³/mol. The number of rotatable bonds is 8. The zero-order valence-corrected chi connectivity index (χ0v) is 16.5. The highest BCUT2D eigenvalue weighted by atomic mass is 16.6. The summed E-state index contributed by atoms with van der Waals surface area (Å²) in [6.07, 6.45) is 1.29. The number of hydrazone groups is 1. The number of hydrogen-bond acceptors (Lipinski definition) is 9. The van der Waals surface area contributed by atoms with E-state index < -0.39 is 32.1 Å². The monoisotopic (exact) mass is 451 g/mol. The highest BCUT2D eigenvalue weighted by Gasteiger charge is 2.21. The topological polar surface area (TPSA) is 180 Å². The van der Waals surface area contributed by atoms with Crippen molar-refractivity contribution in [3.05, 3.63) is 108 Å². The van der Waals surface area contributed by atoms with Gasteiger partial charge in [0.15, 0.2) is 0 Å². The molecule has 0 heterocycles. The number of nitro benzene ring substituents is 3. The zero-order chi connectivity index (χ0) is 24.0. The quantitative estimate of drug-likeness (QED) is 0.303. The van der Waals surface area contributed by atoms with Crippen molar-refractivity contribution in [3.8, 4) is 11.5 Å². The van der Waals surface area contributed by atoms with Crippen LogP contribution in [0.15, 0.2) is 71.8 Å². The molecule has 3 aromatic rings. The molecule has 1 N–H and O–H groups in total. The average molecular weight is 451 g/mol. The molecule has 166 valence electrons. The van der Waals surface area contributed by atoms with Crippen molar-refractivity contribution < 1.29 is 24.3 Å². The Bertz CT molecular complexity index is 1270. The third kappa shape index (κ3) is 5.69. The normalized spacial score (nSPS) is 10.5. The van der Waals surface area contributed by atoms with Gasteiger partial charge in [-0.05, 0) is 35.9 Å². The number of carbonyl (C=O) groups excluding carboxylic acids is 1. The summed E-state index contributed by atoms with van der Waals surface area (Å²) in [5.41, 5.74) is 1.74. The minimum absolute atomic E-state index is 0.153. The first-order chi connectivity index (χ1) is 15.7. The molecule has 0 atom stereocenters. The molecule has 0 spiro atoms. The van der Waals surface area contributed by atoms with Crippen LogP contribution in [0.5, 0.6) is 11.5 Å². The Morgan fingerprint density at radius 2 is 1.52 bits per heavy atom. The average Bonchev–Trinajstić information content (AvgIpc) is 2.79. The molecule has 0 bridgehead atoms. The maximum atomic E-state index is 12.1. The van der Waals surface area contributed by atoms with Crippen molar-refractivity contribution in [1.82, 2.24) is 5.43 Å². The summed E-state index contributed by atoms with van der Waals surface area (Å²) >= 11 is 0. The van der Waals surface area contributed by atoms with Gasteiger partial charge in [-0.3, -0.25) is 35.1 Å². The fourth-order valence-electron chi connectivity index (χ4n) is 2.60. The van der Waals surface area contributed by atoms with Crippen LogP contribution in [0.4, 0.5) is 17.1 Å². The van der Waals surface area contributed by atoms with E-state index in [9.17, 15) is 35.1 Å². The molecule has 0 saturated carbocycles. The largest absolute Gasteiger partial charge is 0.450 e. The summed E-state index contributed by atoms with van der Waals surface area (Å²) in [5.74, 6) is -0.584. The second-order valence-corrected chi connectivity index (χ2v) is 6.34. The molecule has 0 saturated heterocycles. The maximum Gasteiger partial charge on any atom is 0.318 e. The van der Waals surface area contributed by atoms with Crippen LogP contribution in [0.3, 0.4) is 0 Å². The molecule has 3 rings (SSSR count). The highest BCUT2D eigenvalue weighted by molar-refractivity contribution is 5.95. The highest BCUT2D eigenvalue weighted by Crippen LogP contribution is 2.34. The summed E-state index contributed by atoms with van der Waals surface area (Å²) in [4.78, 5) is 42.7. The lowest BCUT2D eigenvalue weighted by atomic mass is 10.2. The van der Waals surface area contributed by atoms with Crippen molar-refractivity contribution in [2.45, 2.75) is 0 Å². The molecular weight excluding hydrogens is 438 g/mol. The number of hydrogen-bond donors (Lipinski definition) is 1. The molecule has 0 aliphatic carbocycles. The van der Waals surface area contributed by atoms with Crippen molar-refractivity contribution >= 4 is 29.2 Å². The first-order valence-corrected chi connectivity index (χ1v) is 9.03. The molecule has 0 aromatic heterocycles. The van der Waals surface area contributed by atoms with E-state index in [-0.39, 0.29) is 22.7 Å². The van der Waals surface area contributed by atoms with Crippen LogP contribution in [-0.2, 0) is 0 Å². The first kappa shape index (κ1) is 22.5. The van der Waals surface area contributed by atoms with E-state index in [1.807, 2.05) is 0 Å². The Kier molecular flexibility index (Phi) is 6.64. The Morgan fingerprint density at radius 3 is 2.15 bits per heavy atom. The Morgan fingerprint density at radius 1 is 0.848 bits per heavy atom. The van der Waals surface area contributed by atoms with Crippen molar-refractivity contribution in [3.63, 3.8) is 0 Å². The Hall–Kier alpha value is -5.20. The van der Waals surface area contributed by atoms with Gasteiger partial charge in [0.05, 0.1) is 27.1 Å². The number of amides is 1. The van der Waals surface area contributed by atoms with E-state index >= 15 is 0 Å². The van der Waals surface area contributed by atoms with Crippen LogP contribution in [0.1, 0.15) is 15.9 Å². The molecule has 0 aliphatic heterocycles. The van der Waals surface area contributed by atoms with Crippen LogP contribution in [-0.4, -0.2) is 26.9 Å². The summed E-state index contributed by atoms with van der Waals surface area (Å²) in [5, 5.41) is 36.5. The lowest BCUT2D eigenvalue weighted by Crippen LogP contribution is -2.17. The van der Waals surface area contributed by atoms with Crippen LogP contribution < -0.4 is 10.2 Å². The first-order valence-electron chi connectivity index (χ1n) is 9.03. The summed E-state index contributed by atoms with van der Waals surface area (Å²) < 4.78 is 5.51. The number of carbonyl (C=O) groups is 1. The molecule has 33 heavy (non-hydrogen) atoms. The fraction of sp³-hybridized carbons (Fsp3) is 0. The van der Waals surface area contributed by atoms with Gasteiger partial charge in [0.25, 0.3) is 17.3 Å². The van der Waals surface area contributed by atoms with E-state index in [0.717, 1.165) is 18.2 Å². The standard InChI is InChI=1S/C20H13N5O8/c26-20(14-4-6-15(7-5-14)23(27)28)22-21-12-13-2-1-3-17(10-13)33-19-9-8-16(24(29)30)11-18(19)25(31)32/h1-12H,(H,22,26)/b21-12-. The van der Waals surface area contributed by atoms with Crippen LogP contribution in [0.25, 0.3) is 0 Å². The summed E-state index contributed by atoms with van der Waals surface area (Å²) in [7, 11) is 0. The Labute approximate surface area is 184 Å². The lowest BCUT2D eigenvalue weighted by molar-refractivity contribution is -0.394. The second-order valence-electron chi connectivity index (χ2n) is 6.34. The van der Waals surface area contributed by atoms with Crippen LogP contribution in [0.2, 0.25) is 0 Å². The fourth-order valence-corrected chi connectivity index (χ4v) is 2.60. The van der Waals surface area contributed by atoms with Gasteiger partial charge >= 0.3 is 5.69 Å². The number of ether oxygens (including phenoxy) is 1. The number of non-ortho nitro benzene ring substituents is 2. The van der Waals surface area contributed by atoms with Crippen LogP contribution >= 0.6 is 0 Å². The van der Waals surface area contributed by atoms with Gasteiger partial charge in [0.2, 0.25) is 5.75 Å². The number of nitrogens with one attached hydrogen (secondary N) is 1. The smallest absolute Gasteiger partial charge is 0.318 e. The molecule has 13 nitrogen and oxygen atoms in total. The van der Waals surface area contributed by atoms with Gasteiger partial charge < -0.3 is 4.74 Å². The van der Waals surface area contributed by atoms with Crippen molar-refractivity contribution in [2.24, 2.45) is 5.10 Å². The number of nitrogens with zero attached hydrogens (tertiary/aromatic N) is 4. The van der Waals surface area contributed by atoms with Gasteiger partial charge in [-0.15, -0.1) is 0 Å². The molecule has 0 unspecified atom stereocenters. The minimum Gasteiger partial charge on any atom is -0.450 e. The van der Waals surface area contributed by atoms with E-state index in [1.165, 1.54) is 42.6 Å². The molecular formula is C20H13N5O8. The predicted octanol–water partition coefficient (Wildman–Crippen LogP) is 3.97. The van der Waals surface area contributed by atoms with Crippen molar-refractivity contribution in [2.75, 3.05) is 0 Å². The zero-order valence-electron chi connectivity index (χ0n) is 16.5. The third-order valence-corrected chi connectivity index (χ3v) is 4.16. The Balaban J connectivity index is 1.70. The van der Waals surface area contributed by atoms with Gasteiger partial charge in [0.1, 0.15) is 5.75 Å². The number of benzene rings is 3. The van der Waals surface area contributed by atoms with Gasteiger partial charge in [-0.2, -0.15) is 5.10 Å². The van der Waals surface area contributed by atoms with Gasteiger partial charge in [-0.25, -0.2) is 5.43 Å². The molecule has 0 radical (unpaired) electrons. The molecule has 13 heteroatoms. The SMILES string of the molecule is O=C(N/N=C\c1cccc(Oc2ccc([N+](=O)[O-])cc2[N+](=O)[O-])c1)c1ccc([N+](=O)[O-])cc1. The molecule has 0 aliphatic rings. The molecule has 1 amide bonds. The summed E-state index contributed by atoms with van der Waals surface area (Å²) in [6, 6.07) is 14.2.